The van der Waals surface area contributed by atoms with Crippen molar-refractivity contribution in [1.29, 1.82) is 0 Å². The van der Waals surface area contributed by atoms with Crippen LogP contribution in [-0.4, -0.2) is 28.3 Å². The Hall–Kier alpha value is -1.45. The van der Waals surface area contributed by atoms with E-state index in [2.05, 4.69) is 21.2 Å². The van der Waals surface area contributed by atoms with E-state index in [1.54, 1.807) is 0 Å². The fourth-order valence-electron chi connectivity index (χ4n) is 3.81. The molecular formula is C20H32N4. The Kier molecular flexibility index (Phi) is 7.06. The van der Waals surface area contributed by atoms with Crippen LogP contribution in [0.4, 0.5) is 5.95 Å². The van der Waals surface area contributed by atoms with E-state index in [0.29, 0.717) is 0 Å². The predicted octanol–water partition coefficient (Wildman–Crippen LogP) is 5.16. The zero-order chi connectivity index (χ0) is 16.5. The largest absolute Gasteiger partial charge is 0.340 e. The highest BCUT2D eigenvalue weighted by molar-refractivity contribution is 5.62. The maximum Gasteiger partial charge on any atom is 0.245 e. The zero-order valence-electron chi connectivity index (χ0n) is 15.1. The van der Waals surface area contributed by atoms with Crippen LogP contribution in [0.2, 0.25) is 0 Å². The van der Waals surface area contributed by atoms with Gasteiger partial charge in [0.25, 0.3) is 0 Å². The van der Waals surface area contributed by atoms with E-state index in [-0.39, 0.29) is 0 Å². The van der Waals surface area contributed by atoms with Gasteiger partial charge in [-0.05, 0) is 44.1 Å². The highest BCUT2D eigenvalue weighted by Crippen LogP contribution is 2.24. The Morgan fingerprint density at radius 2 is 1.42 bits per heavy atom. The minimum absolute atomic E-state index is 0.840. The van der Waals surface area contributed by atoms with Gasteiger partial charge in [0.15, 0.2) is 0 Å². The van der Waals surface area contributed by atoms with Crippen LogP contribution in [-0.2, 0) is 0 Å². The van der Waals surface area contributed by atoms with Crippen molar-refractivity contribution in [1.82, 2.24) is 15.2 Å². The monoisotopic (exact) mass is 328 g/mol. The molecule has 132 valence electrons. The topological polar surface area (TPSA) is 41.9 Å². The normalized spacial score (nSPS) is 23.7. The maximum absolute atomic E-state index is 4.90. The molecule has 0 aromatic carbocycles. The van der Waals surface area contributed by atoms with Crippen LogP contribution in [0.25, 0.3) is 5.57 Å². The molecule has 1 aromatic heterocycles. The molecule has 0 saturated carbocycles. The number of nitrogens with zero attached hydrogens (tertiary/aromatic N) is 4. The second-order valence-electron chi connectivity index (χ2n) is 7.29. The smallest absolute Gasteiger partial charge is 0.245 e. The van der Waals surface area contributed by atoms with Crippen LogP contribution in [0, 0.1) is 0 Å². The van der Waals surface area contributed by atoms with E-state index in [0.717, 1.165) is 31.2 Å². The van der Waals surface area contributed by atoms with Crippen LogP contribution in [0.1, 0.15) is 89.2 Å². The quantitative estimate of drug-likeness (QED) is 0.752. The van der Waals surface area contributed by atoms with Crippen LogP contribution in [0.3, 0.4) is 0 Å². The number of allylic oxidation sites excluding steroid dienone is 2. The molecule has 0 bridgehead atoms. The number of aromatic nitrogens is 3. The SMILES string of the molecule is C1=C(/c2cnnc(N3CCCCCCC3)n2)CCCCCCCC/1. The average Bonchev–Trinajstić information content (AvgIpc) is 2.59. The Balaban J connectivity index is 1.73. The first kappa shape index (κ1) is 17.4. The summed E-state index contributed by atoms with van der Waals surface area (Å²) >= 11 is 0. The second-order valence-corrected chi connectivity index (χ2v) is 7.29. The zero-order valence-corrected chi connectivity index (χ0v) is 15.1. The summed E-state index contributed by atoms with van der Waals surface area (Å²) in [5.74, 6) is 0.840. The first-order valence-electron chi connectivity index (χ1n) is 10.1. The number of hydrogen-bond acceptors (Lipinski definition) is 4. The Morgan fingerprint density at radius 3 is 2.21 bits per heavy atom. The van der Waals surface area contributed by atoms with Crippen LogP contribution >= 0.6 is 0 Å². The molecule has 1 aliphatic heterocycles. The van der Waals surface area contributed by atoms with Gasteiger partial charge < -0.3 is 4.90 Å². The molecule has 4 nitrogen and oxygen atoms in total. The summed E-state index contributed by atoms with van der Waals surface area (Å²) in [6.07, 6.45) is 21.2. The van der Waals surface area contributed by atoms with Gasteiger partial charge in [0.1, 0.15) is 0 Å². The summed E-state index contributed by atoms with van der Waals surface area (Å²) in [6.45, 7) is 2.15. The van der Waals surface area contributed by atoms with Crippen LogP contribution < -0.4 is 4.90 Å². The van der Waals surface area contributed by atoms with Gasteiger partial charge in [0, 0.05) is 13.1 Å². The van der Waals surface area contributed by atoms with Crippen molar-refractivity contribution >= 4 is 11.5 Å². The van der Waals surface area contributed by atoms with Crippen molar-refractivity contribution in [3.05, 3.63) is 18.0 Å². The summed E-state index contributed by atoms with van der Waals surface area (Å²) in [4.78, 5) is 7.25. The summed E-state index contributed by atoms with van der Waals surface area (Å²) in [5.41, 5.74) is 2.45. The molecule has 0 spiro atoms. The van der Waals surface area contributed by atoms with Gasteiger partial charge in [-0.15, -0.1) is 5.10 Å². The van der Waals surface area contributed by atoms with Crippen LogP contribution in [0.15, 0.2) is 12.3 Å². The minimum atomic E-state index is 0.840. The molecule has 2 aliphatic rings. The second kappa shape index (κ2) is 9.75. The molecule has 1 aromatic rings. The molecule has 1 aliphatic carbocycles. The molecule has 0 unspecified atom stereocenters. The predicted molar refractivity (Wildman–Crippen MR) is 100 cm³/mol. The molecule has 0 N–H and O–H groups in total. The number of hydrogen-bond donors (Lipinski definition) is 0. The van der Waals surface area contributed by atoms with E-state index in [1.165, 1.54) is 82.6 Å². The summed E-state index contributed by atoms with van der Waals surface area (Å²) in [7, 11) is 0. The van der Waals surface area contributed by atoms with Crippen molar-refractivity contribution in [3.63, 3.8) is 0 Å². The maximum atomic E-state index is 4.90. The van der Waals surface area contributed by atoms with Crippen LogP contribution in [0.5, 0.6) is 0 Å². The van der Waals surface area contributed by atoms with Gasteiger partial charge in [-0.25, -0.2) is 4.98 Å². The molecular weight excluding hydrogens is 296 g/mol. The fraction of sp³-hybridized carbons (Fsp3) is 0.750. The van der Waals surface area contributed by atoms with Gasteiger partial charge in [-0.2, -0.15) is 5.10 Å². The lowest BCUT2D eigenvalue weighted by Gasteiger charge is -2.24. The van der Waals surface area contributed by atoms with Crippen molar-refractivity contribution < 1.29 is 0 Å². The first-order chi connectivity index (χ1) is 11.9. The molecule has 24 heavy (non-hydrogen) atoms. The standard InChI is InChI=1S/C20H32N4/c1-2-5-9-13-18(14-10-6-3-1)19-17-21-23-20(22-19)24-15-11-7-4-8-12-16-24/h13,17H,1-12,14-16H2/b18-13+. The average molecular weight is 329 g/mol. The van der Waals surface area contributed by atoms with Crippen molar-refractivity contribution in [2.75, 3.05) is 18.0 Å². The van der Waals surface area contributed by atoms with E-state index < -0.39 is 0 Å². The molecule has 1 fully saturated rings. The third-order valence-electron chi connectivity index (χ3n) is 5.31. The summed E-state index contributed by atoms with van der Waals surface area (Å²) in [6, 6.07) is 0. The fourth-order valence-corrected chi connectivity index (χ4v) is 3.81. The molecule has 3 rings (SSSR count). The first-order valence-corrected chi connectivity index (χ1v) is 10.1. The van der Waals surface area contributed by atoms with Gasteiger partial charge >= 0.3 is 0 Å². The highest BCUT2D eigenvalue weighted by atomic mass is 15.3. The lowest BCUT2D eigenvalue weighted by molar-refractivity contribution is 0.548. The van der Waals surface area contributed by atoms with E-state index >= 15 is 0 Å². The Morgan fingerprint density at radius 1 is 0.750 bits per heavy atom. The lowest BCUT2D eigenvalue weighted by Crippen LogP contribution is -2.29. The number of anilines is 1. The highest BCUT2D eigenvalue weighted by Gasteiger charge is 2.14. The third kappa shape index (κ3) is 5.29. The van der Waals surface area contributed by atoms with Gasteiger partial charge in [0.05, 0.1) is 11.9 Å². The van der Waals surface area contributed by atoms with Crippen molar-refractivity contribution in [3.8, 4) is 0 Å². The van der Waals surface area contributed by atoms with Crippen molar-refractivity contribution in [2.45, 2.75) is 83.5 Å². The Bertz CT molecular complexity index is 518. The van der Waals surface area contributed by atoms with E-state index in [9.17, 15) is 0 Å². The number of rotatable bonds is 2. The summed E-state index contributed by atoms with van der Waals surface area (Å²) < 4.78 is 0. The Labute approximate surface area is 146 Å². The molecule has 2 heterocycles. The summed E-state index contributed by atoms with van der Waals surface area (Å²) in [5, 5.41) is 8.63. The minimum Gasteiger partial charge on any atom is -0.340 e. The van der Waals surface area contributed by atoms with Gasteiger partial charge in [-0.1, -0.05) is 51.0 Å². The molecule has 1 saturated heterocycles. The molecule has 0 atom stereocenters. The van der Waals surface area contributed by atoms with Gasteiger partial charge in [0.2, 0.25) is 5.95 Å². The van der Waals surface area contributed by atoms with E-state index in [1.807, 2.05) is 6.20 Å². The van der Waals surface area contributed by atoms with Crippen molar-refractivity contribution in [2.24, 2.45) is 0 Å². The molecule has 0 amide bonds. The van der Waals surface area contributed by atoms with E-state index in [4.69, 9.17) is 4.98 Å². The third-order valence-corrected chi connectivity index (χ3v) is 5.31. The molecule has 4 heteroatoms. The molecule has 0 radical (unpaired) electrons. The van der Waals surface area contributed by atoms with Gasteiger partial charge in [-0.3, -0.25) is 0 Å². The lowest BCUT2D eigenvalue weighted by atomic mass is 9.99.